The minimum Gasteiger partial charge on any atom is -0.338 e. The lowest BCUT2D eigenvalue weighted by Gasteiger charge is -2.29. The molecule has 1 aliphatic rings. The van der Waals surface area contributed by atoms with Crippen LogP contribution in [0.1, 0.15) is 12.8 Å². The second kappa shape index (κ2) is 5.57. The van der Waals surface area contributed by atoms with Crippen LogP contribution in [0.3, 0.4) is 0 Å². The van der Waals surface area contributed by atoms with Crippen molar-refractivity contribution in [2.75, 3.05) is 18.0 Å². The molecular formula is C13H14ClF2N5. The summed E-state index contributed by atoms with van der Waals surface area (Å²) in [5.74, 6) is -0.752. The van der Waals surface area contributed by atoms with Gasteiger partial charge in [-0.05, 0) is 25.0 Å². The molecule has 1 saturated heterocycles. The molecule has 1 aromatic heterocycles. The van der Waals surface area contributed by atoms with E-state index in [0.717, 1.165) is 31.5 Å². The van der Waals surface area contributed by atoms with Crippen LogP contribution in [-0.2, 0) is 0 Å². The van der Waals surface area contributed by atoms with Crippen molar-refractivity contribution in [3.8, 4) is 11.4 Å². The molecule has 0 aliphatic carbocycles. The minimum absolute atomic E-state index is 0.00282. The predicted molar refractivity (Wildman–Crippen MR) is 76.2 cm³/mol. The molecule has 1 fully saturated rings. The summed E-state index contributed by atoms with van der Waals surface area (Å²) < 4.78 is 27.3. The first kappa shape index (κ1) is 14.2. The Morgan fingerprint density at radius 1 is 1.33 bits per heavy atom. The largest absolute Gasteiger partial charge is 0.338 e. The molecule has 5 nitrogen and oxygen atoms in total. The molecule has 1 atom stereocenters. The Kier molecular flexibility index (Phi) is 3.77. The van der Waals surface area contributed by atoms with Crippen LogP contribution in [0.5, 0.6) is 0 Å². The maximum absolute atomic E-state index is 13.9. The van der Waals surface area contributed by atoms with Crippen molar-refractivity contribution in [1.82, 2.24) is 15.2 Å². The molecule has 1 aliphatic heterocycles. The number of nitrogens with one attached hydrogen (secondary N) is 1. The SMILES string of the molecule is NC1CCCN(c2n[nH]c(-c3cc(F)c(Cl)cc3F)n2)C1. The number of benzene rings is 1. The molecule has 2 aromatic rings. The number of halogens is 3. The second-order valence-corrected chi connectivity index (χ2v) is 5.49. The van der Waals surface area contributed by atoms with Crippen LogP contribution in [0.25, 0.3) is 11.4 Å². The first-order valence-electron chi connectivity index (χ1n) is 6.62. The number of piperidine rings is 1. The van der Waals surface area contributed by atoms with E-state index >= 15 is 0 Å². The third kappa shape index (κ3) is 2.84. The Hall–Kier alpha value is -1.73. The lowest BCUT2D eigenvalue weighted by Crippen LogP contribution is -2.43. The predicted octanol–water partition coefficient (Wildman–Crippen LogP) is 2.33. The number of hydrogen-bond donors (Lipinski definition) is 2. The Balaban J connectivity index is 1.90. The van der Waals surface area contributed by atoms with Crippen molar-refractivity contribution in [1.29, 1.82) is 0 Å². The van der Waals surface area contributed by atoms with Crippen LogP contribution in [0.15, 0.2) is 12.1 Å². The summed E-state index contributed by atoms with van der Waals surface area (Å²) in [5, 5.41) is 6.42. The average molecular weight is 314 g/mol. The van der Waals surface area contributed by atoms with E-state index in [1.54, 1.807) is 0 Å². The molecule has 0 saturated carbocycles. The lowest BCUT2D eigenvalue weighted by molar-refractivity contribution is 0.500. The summed E-state index contributed by atoms with van der Waals surface area (Å²) in [5.41, 5.74) is 5.91. The van der Waals surface area contributed by atoms with Gasteiger partial charge in [0.15, 0.2) is 5.82 Å². The molecule has 0 amide bonds. The molecular weight excluding hydrogens is 300 g/mol. The number of anilines is 1. The molecule has 0 radical (unpaired) electrons. The van der Waals surface area contributed by atoms with Gasteiger partial charge in [0.25, 0.3) is 0 Å². The van der Waals surface area contributed by atoms with Crippen LogP contribution >= 0.6 is 11.6 Å². The van der Waals surface area contributed by atoms with Gasteiger partial charge in [-0.3, -0.25) is 5.10 Å². The van der Waals surface area contributed by atoms with E-state index in [4.69, 9.17) is 17.3 Å². The number of nitrogens with zero attached hydrogens (tertiary/aromatic N) is 3. The first-order chi connectivity index (χ1) is 10.0. The quantitative estimate of drug-likeness (QED) is 0.835. The molecule has 112 valence electrons. The van der Waals surface area contributed by atoms with Gasteiger partial charge in [-0.2, -0.15) is 4.98 Å². The summed E-state index contributed by atoms with van der Waals surface area (Å²) >= 11 is 5.53. The van der Waals surface area contributed by atoms with Gasteiger partial charge >= 0.3 is 0 Å². The molecule has 1 aromatic carbocycles. The van der Waals surface area contributed by atoms with Gasteiger partial charge in [-0.25, -0.2) is 8.78 Å². The molecule has 21 heavy (non-hydrogen) atoms. The normalized spacial score (nSPS) is 19.0. The van der Waals surface area contributed by atoms with Crippen molar-refractivity contribution in [2.45, 2.75) is 18.9 Å². The molecule has 1 unspecified atom stereocenters. The third-order valence-corrected chi connectivity index (χ3v) is 3.77. The van der Waals surface area contributed by atoms with Gasteiger partial charge < -0.3 is 10.6 Å². The van der Waals surface area contributed by atoms with Gasteiger partial charge in [0.1, 0.15) is 11.6 Å². The average Bonchev–Trinajstić information content (AvgIpc) is 2.92. The number of nitrogens with two attached hydrogens (primary N) is 1. The van der Waals surface area contributed by atoms with E-state index in [2.05, 4.69) is 15.2 Å². The van der Waals surface area contributed by atoms with Crippen molar-refractivity contribution in [3.63, 3.8) is 0 Å². The highest BCUT2D eigenvalue weighted by atomic mass is 35.5. The van der Waals surface area contributed by atoms with Crippen LogP contribution in [0.4, 0.5) is 14.7 Å². The van der Waals surface area contributed by atoms with Crippen molar-refractivity contribution in [2.24, 2.45) is 5.73 Å². The van der Waals surface area contributed by atoms with Gasteiger partial charge in [0.2, 0.25) is 5.95 Å². The Morgan fingerprint density at radius 2 is 2.14 bits per heavy atom. The summed E-state index contributed by atoms with van der Waals surface area (Å²) in [6.07, 6.45) is 1.92. The number of hydrogen-bond acceptors (Lipinski definition) is 4. The monoisotopic (exact) mass is 313 g/mol. The fraction of sp³-hybridized carbons (Fsp3) is 0.385. The Labute approximate surface area is 125 Å². The highest BCUT2D eigenvalue weighted by Gasteiger charge is 2.21. The summed E-state index contributed by atoms with van der Waals surface area (Å²) in [4.78, 5) is 6.15. The Morgan fingerprint density at radius 3 is 2.90 bits per heavy atom. The molecule has 8 heteroatoms. The molecule has 3 N–H and O–H groups in total. The van der Waals surface area contributed by atoms with Crippen LogP contribution in [0.2, 0.25) is 5.02 Å². The third-order valence-electron chi connectivity index (χ3n) is 3.48. The molecule has 3 rings (SSSR count). The highest BCUT2D eigenvalue weighted by Crippen LogP contribution is 2.26. The maximum Gasteiger partial charge on any atom is 0.245 e. The van der Waals surface area contributed by atoms with Crippen molar-refractivity contribution < 1.29 is 8.78 Å². The van der Waals surface area contributed by atoms with E-state index in [1.807, 2.05) is 4.90 Å². The van der Waals surface area contributed by atoms with E-state index in [1.165, 1.54) is 0 Å². The standard InChI is InChI=1S/C13H14ClF2N5/c14-9-5-10(15)8(4-11(9)16)12-18-13(20-19-12)21-3-1-2-7(17)6-21/h4-5,7H,1-3,6,17H2,(H,18,19,20). The van der Waals surface area contributed by atoms with Gasteiger partial charge in [-0.1, -0.05) is 11.6 Å². The number of aromatic nitrogens is 3. The van der Waals surface area contributed by atoms with E-state index in [-0.39, 0.29) is 22.5 Å². The number of rotatable bonds is 2. The number of H-pyrrole nitrogens is 1. The van der Waals surface area contributed by atoms with Gasteiger partial charge in [0.05, 0.1) is 10.6 Å². The van der Waals surface area contributed by atoms with E-state index in [9.17, 15) is 8.78 Å². The summed E-state index contributed by atoms with van der Waals surface area (Å²) in [7, 11) is 0. The van der Waals surface area contributed by atoms with E-state index in [0.29, 0.717) is 12.5 Å². The number of aromatic amines is 1. The first-order valence-corrected chi connectivity index (χ1v) is 7.00. The maximum atomic E-state index is 13.9. The van der Waals surface area contributed by atoms with Crippen LogP contribution < -0.4 is 10.6 Å². The lowest BCUT2D eigenvalue weighted by atomic mass is 10.1. The zero-order valence-electron chi connectivity index (χ0n) is 11.1. The molecule has 0 bridgehead atoms. The van der Waals surface area contributed by atoms with Crippen molar-refractivity contribution in [3.05, 3.63) is 28.8 Å². The van der Waals surface area contributed by atoms with Gasteiger partial charge in [0, 0.05) is 19.1 Å². The summed E-state index contributed by atoms with van der Waals surface area (Å²) in [6, 6.07) is 2.00. The topological polar surface area (TPSA) is 70.8 Å². The van der Waals surface area contributed by atoms with Crippen LogP contribution in [0, 0.1) is 11.6 Å². The smallest absolute Gasteiger partial charge is 0.245 e. The van der Waals surface area contributed by atoms with Gasteiger partial charge in [-0.15, -0.1) is 5.10 Å². The summed E-state index contributed by atoms with van der Waals surface area (Å²) in [6.45, 7) is 1.44. The molecule has 0 spiro atoms. The minimum atomic E-state index is -0.703. The zero-order valence-corrected chi connectivity index (χ0v) is 11.9. The fourth-order valence-corrected chi connectivity index (χ4v) is 2.56. The molecule has 2 heterocycles. The fourth-order valence-electron chi connectivity index (χ4n) is 2.41. The van der Waals surface area contributed by atoms with Crippen molar-refractivity contribution >= 4 is 17.5 Å². The Bertz CT molecular complexity index is 660. The highest BCUT2D eigenvalue weighted by molar-refractivity contribution is 6.30. The second-order valence-electron chi connectivity index (χ2n) is 5.08. The zero-order chi connectivity index (χ0) is 15.0. The van der Waals surface area contributed by atoms with E-state index < -0.39 is 11.6 Å². The van der Waals surface area contributed by atoms with Crippen LogP contribution in [-0.4, -0.2) is 34.3 Å².